The van der Waals surface area contributed by atoms with E-state index in [-0.39, 0.29) is 0 Å². The van der Waals surface area contributed by atoms with Crippen molar-refractivity contribution in [1.29, 1.82) is 0 Å². The summed E-state index contributed by atoms with van der Waals surface area (Å²) in [6.07, 6.45) is 9.09. The monoisotopic (exact) mass is 487 g/mol. The number of ether oxygens (including phenoxy) is 2. The van der Waals surface area contributed by atoms with Gasteiger partial charge in [0, 0.05) is 51.8 Å². The third-order valence-electron chi connectivity index (χ3n) is 6.07. The molecule has 7 nitrogen and oxygen atoms in total. The molecular weight excluding hydrogens is 438 g/mol. The fourth-order valence-electron chi connectivity index (χ4n) is 4.10. The fraction of sp³-hybridized carbons (Fsp3) is 0.679. The normalized spacial score (nSPS) is 17.8. The van der Waals surface area contributed by atoms with Crippen LogP contribution in [-0.4, -0.2) is 80.8 Å². The van der Waals surface area contributed by atoms with Crippen molar-refractivity contribution in [1.82, 2.24) is 9.80 Å². The van der Waals surface area contributed by atoms with Crippen LogP contribution in [0.4, 0.5) is 0 Å². The molecule has 35 heavy (non-hydrogen) atoms. The van der Waals surface area contributed by atoms with E-state index in [2.05, 4.69) is 55.3 Å². The van der Waals surface area contributed by atoms with Crippen molar-refractivity contribution in [3.63, 3.8) is 0 Å². The zero-order valence-electron chi connectivity index (χ0n) is 23.6. The first-order valence-corrected chi connectivity index (χ1v) is 13.1. The Hall–Kier alpha value is -2.41. The van der Waals surface area contributed by atoms with Crippen molar-refractivity contribution in [3.8, 4) is 0 Å². The lowest BCUT2D eigenvalue weighted by Crippen LogP contribution is -2.35. The molecule has 1 fully saturated rings. The summed E-state index contributed by atoms with van der Waals surface area (Å²) in [5, 5.41) is 0. The van der Waals surface area contributed by atoms with Gasteiger partial charge in [-0.25, -0.2) is 15.0 Å². The maximum absolute atomic E-state index is 6.13. The molecule has 0 bridgehead atoms. The number of amidine groups is 1. The molecule has 0 aromatic rings. The van der Waals surface area contributed by atoms with Gasteiger partial charge in [0.25, 0.3) is 6.02 Å². The Labute approximate surface area is 214 Å². The van der Waals surface area contributed by atoms with Gasteiger partial charge in [-0.05, 0) is 63.7 Å². The summed E-state index contributed by atoms with van der Waals surface area (Å²) < 4.78 is 11.7. The molecule has 1 heterocycles. The van der Waals surface area contributed by atoms with Crippen LogP contribution in [0.2, 0.25) is 0 Å². The van der Waals surface area contributed by atoms with E-state index in [4.69, 9.17) is 19.5 Å². The first-order valence-electron chi connectivity index (χ1n) is 13.1. The average molecular weight is 488 g/mol. The molecule has 0 spiro atoms. The topological polar surface area (TPSA) is 62.0 Å². The molecule has 198 valence electrons. The summed E-state index contributed by atoms with van der Waals surface area (Å²) in [5.74, 6) is 0.867. The van der Waals surface area contributed by atoms with Crippen LogP contribution < -0.4 is 0 Å². The van der Waals surface area contributed by atoms with Crippen LogP contribution in [0.5, 0.6) is 0 Å². The van der Waals surface area contributed by atoms with Crippen LogP contribution in [0.1, 0.15) is 73.6 Å². The largest absolute Gasteiger partial charge is 0.461 e. The number of allylic oxidation sites excluding steroid dienone is 2. The van der Waals surface area contributed by atoms with Gasteiger partial charge in [-0.1, -0.05) is 33.8 Å². The molecule has 0 amide bonds. The lowest BCUT2D eigenvalue weighted by atomic mass is 10.1. The SMILES string of the molecule is C=C(C)C(/N=C(C)/C=C(\CC)COC(=NC)N1CCCOCC1)=C(/N=C/C)N(C)C(CC)CCC. The van der Waals surface area contributed by atoms with Crippen molar-refractivity contribution >= 4 is 17.9 Å². The number of nitrogens with zero attached hydrogens (tertiary/aromatic N) is 5. The molecule has 1 saturated heterocycles. The zero-order valence-corrected chi connectivity index (χ0v) is 23.6. The van der Waals surface area contributed by atoms with Crippen LogP contribution in [0.25, 0.3) is 0 Å². The third-order valence-corrected chi connectivity index (χ3v) is 6.07. The van der Waals surface area contributed by atoms with Crippen molar-refractivity contribution in [2.24, 2.45) is 15.0 Å². The molecule has 0 saturated carbocycles. The summed E-state index contributed by atoms with van der Waals surface area (Å²) in [4.78, 5) is 18.5. The van der Waals surface area contributed by atoms with Gasteiger partial charge in [0.05, 0.1) is 6.61 Å². The van der Waals surface area contributed by atoms with Gasteiger partial charge in [0.1, 0.15) is 12.3 Å². The molecule has 0 aliphatic carbocycles. The molecular formula is C28H49N5O2. The fourth-order valence-corrected chi connectivity index (χ4v) is 4.10. The molecule has 1 rings (SSSR count). The lowest BCUT2D eigenvalue weighted by molar-refractivity contribution is 0.144. The summed E-state index contributed by atoms with van der Waals surface area (Å²) in [6, 6.07) is 1.09. The maximum Gasteiger partial charge on any atom is 0.287 e. The second kappa shape index (κ2) is 17.1. The quantitative estimate of drug-likeness (QED) is 0.197. The Morgan fingerprint density at radius 1 is 1.20 bits per heavy atom. The highest BCUT2D eigenvalue weighted by atomic mass is 16.5. The van der Waals surface area contributed by atoms with E-state index in [1.54, 1.807) is 7.05 Å². The summed E-state index contributed by atoms with van der Waals surface area (Å²) in [7, 11) is 3.89. The van der Waals surface area contributed by atoms with E-state index in [1.165, 1.54) is 0 Å². The number of aliphatic imine (C=N–C) groups is 3. The molecule has 0 aromatic heterocycles. The van der Waals surface area contributed by atoms with Gasteiger partial charge in [0.15, 0.2) is 5.82 Å². The minimum absolute atomic E-state index is 0.412. The van der Waals surface area contributed by atoms with Crippen LogP contribution in [0.3, 0.4) is 0 Å². The number of rotatable bonds is 12. The zero-order chi connectivity index (χ0) is 26.2. The van der Waals surface area contributed by atoms with Crippen LogP contribution >= 0.6 is 0 Å². The molecule has 0 aromatic carbocycles. The Balaban J connectivity index is 3.18. The molecule has 0 radical (unpaired) electrons. The van der Waals surface area contributed by atoms with E-state index >= 15 is 0 Å². The average Bonchev–Trinajstić information content (AvgIpc) is 3.13. The molecule has 1 atom stereocenters. The van der Waals surface area contributed by atoms with E-state index in [0.717, 1.165) is 80.2 Å². The first-order chi connectivity index (χ1) is 16.8. The van der Waals surface area contributed by atoms with Crippen molar-refractivity contribution in [2.75, 3.05) is 47.0 Å². The highest BCUT2D eigenvalue weighted by Crippen LogP contribution is 2.24. The van der Waals surface area contributed by atoms with E-state index in [0.29, 0.717) is 25.3 Å². The second-order valence-electron chi connectivity index (χ2n) is 8.96. The molecule has 1 aliphatic heterocycles. The summed E-state index contributed by atoms with van der Waals surface area (Å²) >= 11 is 0. The van der Waals surface area contributed by atoms with E-state index in [1.807, 2.05) is 27.0 Å². The van der Waals surface area contributed by atoms with Crippen molar-refractivity contribution < 1.29 is 9.47 Å². The predicted octanol–water partition coefficient (Wildman–Crippen LogP) is 5.85. The smallest absolute Gasteiger partial charge is 0.287 e. The summed E-state index contributed by atoms with van der Waals surface area (Å²) in [5.41, 5.74) is 3.79. The van der Waals surface area contributed by atoms with E-state index < -0.39 is 0 Å². The van der Waals surface area contributed by atoms with Gasteiger partial charge >= 0.3 is 0 Å². The van der Waals surface area contributed by atoms with Gasteiger partial charge in [0.2, 0.25) is 0 Å². The van der Waals surface area contributed by atoms with Gasteiger partial charge in [-0.2, -0.15) is 0 Å². The Kier molecular flexibility index (Phi) is 15.0. The first kappa shape index (κ1) is 30.6. The third kappa shape index (κ3) is 10.4. The van der Waals surface area contributed by atoms with Crippen molar-refractivity contribution in [3.05, 3.63) is 35.3 Å². The van der Waals surface area contributed by atoms with Crippen LogP contribution in [0.15, 0.2) is 50.3 Å². The van der Waals surface area contributed by atoms with E-state index in [9.17, 15) is 0 Å². The molecule has 0 N–H and O–H groups in total. The molecule has 7 heteroatoms. The minimum atomic E-state index is 0.412. The van der Waals surface area contributed by atoms with Gasteiger partial charge in [-0.3, -0.25) is 0 Å². The molecule has 1 unspecified atom stereocenters. The Bertz CT molecular complexity index is 802. The summed E-state index contributed by atoms with van der Waals surface area (Å²) in [6.45, 7) is 20.4. The lowest BCUT2D eigenvalue weighted by Gasteiger charge is -2.30. The number of hydrogen-bond donors (Lipinski definition) is 0. The number of hydrogen-bond acceptors (Lipinski definition) is 6. The second-order valence-corrected chi connectivity index (χ2v) is 8.96. The Morgan fingerprint density at radius 2 is 1.94 bits per heavy atom. The maximum atomic E-state index is 6.13. The van der Waals surface area contributed by atoms with Gasteiger partial charge in [-0.15, -0.1) is 0 Å². The van der Waals surface area contributed by atoms with Crippen LogP contribution in [0, 0.1) is 0 Å². The highest BCUT2D eigenvalue weighted by Gasteiger charge is 2.19. The Morgan fingerprint density at radius 3 is 2.51 bits per heavy atom. The highest BCUT2D eigenvalue weighted by molar-refractivity contribution is 5.94. The minimum Gasteiger partial charge on any atom is -0.461 e. The van der Waals surface area contributed by atoms with Gasteiger partial charge < -0.3 is 19.3 Å². The standard InChI is InChI=1S/C28H49N5O2/c1-10-15-25(12-3)32(9)27(30-13-4)26(22(5)6)31-23(7)20-24(11-2)21-35-28(29-8)33-16-14-18-34-19-17-33/h13,20,25H,5,10-12,14-19,21H2,1-4,6-9H3/b24-20+,27-26+,29-28?,30-13+,31-23+. The van der Waals surface area contributed by atoms with Crippen molar-refractivity contribution in [2.45, 2.75) is 79.7 Å². The predicted molar refractivity (Wildman–Crippen MR) is 151 cm³/mol. The van der Waals surface area contributed by atoms with Crippen LogP contribution in [-0.2, 0) is 9.47 Å². The molecule has 1 aliphatic rings.